The molecule has 6 heteroatoms. The fourth-order valence-corrected chi connectivity index (χ4v) is 3.01. The number of nitriles is 1. The number of rotatable bonds is 3. The molecule has 6 nitrogen and oxygen atoms in total. The lowest BCUT2D eigenvalue weighted by atomic mass is 10.1. The molecule has 0 atom stereocenters. The summed E-state index contributed by atoms with van der Waals surface area (Å²) < 4.78 is 1.98. The van der Waals surface area contributed by atoms with Crippen molar-refractivity contribution in [2.24, 2.45) is 0 Å². The van der Waals surface area contributed by atoms with E-state index in [0.29, 0.717) is 31.7 Å². The van der Waals surface area contributed by atoms with Gasteiger partial charge in [0.15, 0.2) is 0 Å². The van der Waals surface area contributed by atoms with Crippen molar-refractivity contribution in [3.05, 3.63) is 54.4 Å². The third kappa shape index (κ3) is 3.89. The van der Waals surface area contributed by atoms with Crippen LogP contribution in [0.15, 0.2) is 48.8 Å². The van der Waals surface area contributed by atoms with Crippen molar-refractivity contribution in [3.63, 3.8) is 0 Å². The molecule has 1 aliphatic rings. The van der Waals surface area contributed by atoms with Crippen LogP contribution in [0.25, 0.3) is 5.69 Å². The molecule has 0 radical (unpaired) electrons. The van der Waals surface area contributed by atoms with E-state index in [1.165, 1.54) is 0 Å². The van der Waals surface area contributed by atoms with Crippen LogP contribution in [0.3, 0.4) is 0 Å². The second kappa shape index (κ2) is 7.67. The zero-order chi connectivity index (χ0) is 17.6. The zero-order valence-corrected chi connectivity index (χ0v) is 14.0. The normalized spacial score (nSPS) is 14.7. The molecule has 0 saturated carbocycles. The first-order valence-electron chi connectivity index (χ1n) is 8.36. The molecule has 2 aromatic rings. The highest BCUT2D eigenvalue weighted by atomic mass is 16.2. The molecule has 2 heterocycles. The summed E-state index contributed by atoms with van der Waals surface area (Å²) in [6.45, 7) is 2.19. The first kappa shape index (κ1) is 16.8. The predicted octanol–water partition coefficient (Wildman–Crippen LogP) is 2.07. The number of benzene rings is 1. The number of nitrogens with zero attached hydrogens (tertiary/aromatic N) is 4. The number of hydrogen-bond donors (Lipinski definition) is 0. The molecule has 1 fully saturated rings. The predicted molar refractivity (Wildman–Crippen MR) is 93.1 cm³/mol. The minimum Gasteiger partial charge on any atom is -0.340 e. The monoisotopic (exact) mass is 336 g/mol. The number of carbonyl (C=O) groups is 2. The molecule has 0 N–H and O–H groups in total. The molecule has 3 rings (SSSR count). The number of carbonyl (C=O) groups excluding carboxylic acids is 2. The van der Waals surface area contributed by atoms with E-state index in [4.69, 9.17) is 5.26 Å². The van der Waals surface area contributed by atoms with Gasteiger partial charge in [-0.25, -0.2) is 0 Å². The molecule has 0 aliphatic carbocycles. The summed E-state index contributed by atoms with van der Waals surface area (Å²) in [6.07, 6.45) is 4.54. The highest BCUT2D eigenvalue weighted by molar-refractivity contribution is 5.94. The Morgan fingerprint density at radius 3 is 2.28 bits per heavy atom. The van der Waals surface area contributed by atoms with Crippen molar-refractivity contribution in [1.82, 2.24) is 14.4 Å². The Balaban J connectivity index is 1.65. The number of hydrogen-bond acceptors (Lipinski definition) is 3. The summed E-state index contributed by atoms with van der Waals surface area (Å²) in [7, 11) is 0. The summed E-state index contributed by atoms with van der Waals surface area (Å²) in [6, 6.07) is 13.3. The maximum Gasteiger partial charge on any atom is 0.253 e. The first-order chi connectivity index (χ1) is 12.2. The fraction of sp³-hybridized carbons (Fsp3) is 0.316. The molecule has 0 spiro atoms. The van der Waals surface area contributed by atoms with Gasteiger partial charge in [0.1, 0.15) is 6.42 Å². The molecule has 2 amide bonds. The van der Waals surface area contributed by atoms with Crippen LogP contribution >= 0.6 is 0 Å². The second-order valence-electron chi connectivity index (χ2n) is 6.00. The van der Waals surface area contributed by atoms with Crippen molar-refractivity contribution in [2.75, 3.05) is 26.2 Å². The minimum atomic E-state index is -0.159. The van der Waals surface area contributed by atoms with Crippen LogP contribution in [0, 0.1) is 11.3 Å². The van der Waals surface area contributed by atoms with Crippen LogP contribution in [-0.4, -0.2) is 52.4 Å². The molecule has 25 heavy (non-hydrogen) atoms. The summed E-state index contributed by atoms with van der Waals surface area (Å²) in [5.41, 5.74) is 1.65. The number of aromatic nitrogens is 1. The van der Waals surface area contributed by atoms with Gasteiger partial charge >= 0.3 is 0 Å². The average Bonchev–Trinajstić information content (AvgIpc) is 3.06. The molecule has 128 valence electrons. The highest BCUT2D eigenvalue weighted by Crippen LogP contribution is 2.14. The molecular weight excluding hydrogens is 316 g/mol. The molecule has 1 aromatic heterocycles. The lowest BCUT2D eigenvalue weighted by Gasteiger charge is -2.22. The van der Waals surface area contributed by atoms with E-state index in [1.807, 2.05) is 59.4 Å². The van der Waals surface area contributed by atoms with Gasteiger partial charge in [-0.2, -0.15) is 5.26 Å². The minimum absolute atomic E-state index is 0.0198. The van der Waals surface area contributed by atoms with Crippen molar-refractivity contribution < 1.29 is 9.59 Å². The van der Waals surface area contributed by atoms with Gasteiger partial charge in [0.05, 0.1) is 6.07 Å². The van der Waals surface area contributed by atoms with Gasteiger partial charge in [-0.1, -0.05) is 0 Å². The topological polar surface area (TPSA) is 69.3 Å². The second-order valence-corrected chi connectivity index (χ2v) is 6.00. The Kier molecular flexibility index (Phi) is 5.14. The Hall–Kier alpha value is -3.07. The highest BCUT2D eigenvalue weighted by Gasteiger charge is 2.22. The smallest absolute Gasteiger partial charge is 0.253 e. The van der Waals surface area contributed by atoms with Gasteiger partial charge in [0, 0.05) is 49.8 Å². The largest absolute Gasteiger partial charge is 0.340 e. The Bertz CT molecular complexity index is 775. The first-order valence-corrected chi connectivity index (χ1v) is 8.36. The Morgan fingerprint density at radius 1 is 0.960 bits per heavy atom. The quantitative estimate of drug-likeness (QED) is 0.861. The van der Waals surface area contributed by atoms with E-state index in [2.05, 4.69) is 0 Å². The number of amides is 2. The molecule has 1 aliphatic heterocycles. The summed E-state index contributed by atoms with van der Waals surface area (Å²) in [5, 5.41) is 8.65. The van der Waals surface area contributed by atoms with E-state index < -0.39 is 0 Å². The van der Waals surface area contributed by atoms with Crippen LogP contribution < -0.4 is 0 Å². The summed E-state index contributed by atoms with van der Waals surface area (Å²) >= 11 is 0. The van der Waals surface area contributed by atoms with Crippen molar-refractivity contribution in [1.29, 1.82) is 5.26 Å². The molecule has 0 bridgehead atoms. The van der Waals surface area contributed by atoms with Crippen LogP contribution in [0.5, 0.6) is 0 Å². The van der Waals surface area contributed by atoms with E-state index in [-0.39, 0.29) is 18.2 Å². The van der Waals surface area contributed by atoms with E-state index in [1.54, 1.807) is 9.80 Å². The van der Waals surface area contributed by atoms with Gasteiger partial charge in [-0.15, -0.1) is 0 Å². The molecule has 1 saturated heterocycles. The fourth-order valence-electron chi connectivity index (χ4n) is 3.01. The summed E-state index contributed by atoms with van der Waals surface area (Å²) in [5.74, 6) is -0.179. The van der Waals surface area contributed by atoms with Gasteiger partial charge in [0.25, 0.3) is 5.91 Å². The maximum atomic E-state index is 12.7. The van der Waals surface area contributed by atoms with Crippen molar-refractivity contribution in [3.8, 4) is 11.8 Å². The third-order valence-electron chi connectivity index (χ3n) is 4.38. The Morgan fingerprint density at radius 2 is 1.60 bits per heavy atom. The maximum absolute atomic E-state index is 12.7. The van der Waals surface area contributed by atoms with Crippen LogP contribution in [0.4, 0.5) is 0 Å². The van der Waals surface area contributed by atoms with Gasteiger partial charge < -0.3 is 14.4 Å². The van der Waals surface area contributed by atoms with Crippen LogP contribution in [0.1, 0.15) is 23.2 Å². The van der Waals surface area contributed by atoms with Crippen LogP contribution in [0.2, 0.25) is 0 Å². The standard InChI is InChI=1S/C19H20N4O2/c20-9-8-18(24)22-12-3-13-23(15-14-22)19(25)16-4-6-17(7-5-16)21-10-1-2-11-21/h1-2,4-7,10-11H,3,8,12-15H2. The van der Waals surface area contributed by atoms with Crippen molar-refractivity contribution in [2.45, 2.75) is 12.8 Å². The lowest BCUT2D eigenvalue weighted by Crippen LogP contribution is -2.37. The van der Waals surface area contributed by atoms with E-state index in [0.717, 1.165) is 12.1 Å². The van der Waals surface area contributed by atoms with Crippen molar-refractivity contribution >= 4 is 11.8 Å². The zero-order valence-electron chi connectivity index (χ0n) is 14.0. The SMILES string of the molecule is N#CCC(=O)N1CCCN(C(=O)c2ccc(-n3cccc3)cc2)CC1. The summed E-state index contributed by atoms with van der Waals surface area (Å²) in [4.78, 5) is 28.0. The molecule has 0 unspecified atom stereocenters. The van der Waals surface area contributed by atoms with Crippen LogP contribution in [-0.2, 0) is 4.79 Å². The van der Waals surface area contributed by atoms with Gasteiger partial charge in [-0.05, 0) is 42.8 Å². The van der Waals surface area contributed by atoms with E-state index >= 15 is 0 Å². The Labute approximate surface area is 146 Å². The molecular formula is C19H20N4O2. The average molecular weight is 336 g/mol. The lowest BCUT2D eigenvalue weighted by molar-refractivity contribution is -0.130. The van der Waals surface area contributed by atoms with E-state index in [9.17, 15) is 9.59 Å². The van der Waals surface area contributed by atoms with Gasteiger partial charge in [-0.3, -0.25) is 9.59 Å². The molecule has 1 aromatic carbocycles. The third-order valence-corrected chi connectivity index (χ3v) is 4.38. The van der Waals surface area contributed by atoms with Gasteiger partial charge in [0.2, 0.25) is 5.91 Å².